The minimum atomic E-state index is -0.188. The van der Waals surface area contributed by atoms with Crippen molar-refractivity contribution >= 4 is 23.5 Å². The van der Waals surface area contributed by atoms with E-state index in [1.165, 1.54) is 0 Å². The molecule has 0 bridgehead atoms. The van der Waals surface area contributed by atoms with Crippen molar-refractivity contribution in [3.63, 3.8) is 0 Å². The number of amides is 1. The zero-order valence-corrected chi connectivity index (χ0v) is 13.5. The zero-order chi connectivity index (χ0) is 15.0. The maximum atomic E-state index is 11.6. The van der Waals surface area contributed by atoms with Crippen LogP contribution in [0.2, 0.25) is 0 Å². The molecule has 0 aliphatic carbocycles. The summed E-state index contributed by atoms with van der Waals surface area (Å²) in [5, 5.41) is 14.0. The van der Waals surface area contributed by atoms with Crippen molar-refractivity contribution in [2.75, 3.05) is 24.7 Å². The molecule has 20 heavy (non-hydrogen) atoms. The van der Waals surface area contributed by atoms with E-state index in [1.807, 2.05) is 18.7 Å². The molecule has 0 unspecified atom stereocenters. The van der Waals surface area contributed by atoms with Gasteiger partial charge in [0.05, 0.1) is 0 Å². The Morgan fingerprint density at radius 1 is 1.25 bits per heavy atom. The fourth-order valence-electron chi connectivity index (χ4n) is 1.91. The molecule has 1 rings (SSSR count). The molecule has 6 heteroatoms. The van der Waals surface area contributed by atoms with Crippen molar-refractivity contribution in [3.05, 3.63) is 17.8 Å². The predicted octanol–water partition coefficient (Wildman–Crippen LogP) is 2.56. The minimum absolute atomic E-state index is 0.188. The highest BCUT2D eigenvalue weighted by Gasteiger charge is 2.24. The molecule has 0 aliphatic heterocycles. The van der Waals surface area contributed by atoms with Crippen LogP contribution in [-0.2, 0) is 0 Å². The third kappa shape index (κ3) is 4.37. The smallest absolute Gasteiger partial charge is 0.271 e. The largest absolute Gasteiger partial charge is 0.367 e. The normalized spacial score (nSPS) is 11.2. The van der Waals surface area contributed by atoms with Gasteiger partial charge in [-0.05, 0) is 38.2 Å². The van der Waals surface area contributed by atoms with E-state index in [0.29, 0.717) is 18.1 Å². The van der Waals surface area contributed by atoms with Crippen LogP contribution in [0.1, 0.15) is 44.1 Å². The van der Waals surface area contributed by atoms with Crippen LogP contribution in [0.4, 0.5) is 5.82 Å². The number of nitrogens with one attached hydrogen (secondary N) is 2. The maximum absolute atomic E-state index is 11.6. The van der Waals surface area contributed by atoms with Gasteiger partial charge in [-0.3, -0.25) is 4.79 Å². The standard InChI is InChI=1S/C14H24N4OS/c1-5-14(6-2,20-4)10-16-12-9-8-11(17-18-12)13(19)15-7-3/h8-9H,5-7,10H2,1-4H3,(H,15,19)(H,16,18). The van der Waals surface area contributed by atoms with Gasteiger partial charge in [0.2, 0.25) is 0 Å². The summed E-state index contributed by atoms with van der Waals surface area (Å²) in [4.78, 5) is 11.6. The first-order chi connectivity index (χ1) is 9.60. The molecule has 5 nitrogen and oxygen atoms in total. The second-order valence-electron chi connectivity index (χ2n) is 4.61. The Morgan fingerprint density at radius 3 is 2.40 bits per heavy atom. The lowest BCUT2D eigenvalue weighted by atomic mass is 10.0. The van der Waals surface area contributed by atoms with Gasteiger partial charge in [-0.25, -0.2) is 0 Å². The van der Waals surface area contributed by atoms with Crippen molar-refractivity contribution in [1.29, 1.82) is 0 Å². The van der Waals surface area contributed by atoms with E-state index in [9.17, 15) is 4.79 Å². The van der Waals surface area contributed by atoms with E-state index in [2.05, 4.69) is 40.9 Å². The summed E-state index contributed by atoms with van der Waals surface area (Å²) >= 11 is 1.88. The summed E-state index contributed by atoms with van der Waals surface area (Å²) in [6.07, 6.45) is 4.34. The maximum Gasteiger partial charge on any atom is 0.271 e. The minimum Gasteiger partial charge on any atom is -0.367 e. The van der Waals surface area contributed by atoms with Crippen LogP contribution in [0, 0.1) is 0 Å². The summed E-state index contributed by atoms with van der Waals surface area (Å²) in [6, 6.07) is 3.49. The van der Waals surface area contributed by atoms with E-state index >= 15 is 0 Å². The van der Waals surface area contributed by atoms with E-state index < -0.39 is 0 Å². The average molecular weight is 296 g/mol. The van der Waals surface area contributed by atoms with Gasteiger partial charge in [-0.1, -0.05) is 13.8 Å². The molecule has 1 aromatic rings. The third-order valence-corrected chi connectivity index (χ3v) is 5.14. The fraction of sp³-hybridized carbons (Fsp3) is 0.643. The summed E-state index contributed by atoms with van der Waals surface area (Å²) < 4.78 is 0.222. The van der Waals surface area contributed by atoms with Crippen LogP contribution in [-0.4, -0.2) is 40.2 Å². The molecule has 2 N–H and O–H groups in total. The first-order valence-electron chi connectivity index (χ1n) is 7.01. The Balaban J connectivity index is 2.64. The first kappa shape index (κ1) is 16.8. The molecule has 1 heterocycles. The van der Waals surface area contributed by atoms with Gasteiger partial charge >= 0.3 is 0 Å². The van der Waals surface area contributed by atoms with Gasteiger partial charge in [0, 0.05) is 17.8 Å². The first-order valence-corrected chi connectivity index (χ1v) is 8.24. The van der Waals surface area contributed by atoms with Gasteiger partial charge in [-0.2, -0.15) is 11.8 Å². The van der Waals surface area contributed by atoms with Crippen LogP contribution in [0.3, 0.4) is 0 Å². The number of thioether (sulfide) groups is 1. The van der Waals surface area contributed by atoms with Crippen LogP contribution in [0.15, 0.2) is 12.1 Å². The molecule has 112 valence electrons. The lowest BCUT2D eigenvalue weighted by molar-refractivity contribution is 0.0950. The van der Waals surface area contributed by atoms with Gasteiger partial charge in [0.15, 0.2) is 5.69 Å². The second-order valence-corrected chi connectivity index (χ2v) is 5.89. The number of anilines is 1. The molecule has 1 amide bonds. The summed E-state index contributed by atoms with van der Waals surface area (Å²) in [5.74, 6) is 0.519. The Hall–Kier alpha value is -1.30. The zero-order valence-electron chi connectivity index (χ0n) is 12.7. The summed E-state index contributed by atoms with van der Waals surface area (Å²) in [5.41, 5.74) is 0.347. The summed E-state index contributed by atoms with van der Waals surface area (Å²) in [6.45, 7) is 7.70. The molecular weight excluding hydrogens is 272 g/mol. The molecule has 0 aromatic carbocycles. The number of carbonyl (C=O) groups is 1. The van der Waals surface area contributed by atoms with Crippen molar-refractivity contribution < 1.29 is 4.79 Å². The number of aromatic nitrogens is 2. The van der Waals surface area contributed by atoms with Crippen molar-refractivity contribution in [1.82, 2.24) is 15.5 Å². The van der Waals surface area contributed by atoms with E-state index in [1.54, 1.807) is 12.1 Å². The Morgan fingerprint density at radius 2 is 1.95 bits per heavy atom. The lowest BCUT2D eigenvalue weighted by Crippen LogP contribution is -2.32. The van der Waals surface area contributed by atoms with E-state index in [4.69, 9.17) is 0 Å². The van der Waals surface area contributed by atoms with Crippen molar-refractivity contribution in [3.8, 4) is 0 Å². The number of carbonyl (C=O) groups excluding carboxylic acids is 1. The van der Waals surface area contributed by atoms with Crippen molar-refractivity contribution in [2.45, 2.75) is 38.4 Å². The molecule has 0 aliphatic rings. The van der Waals surface area contributed by atoms with Gasteiger partial charge < -0.3 is 10.6 Å². The van der Waals surface area contributed by atoms with Crippen LogP contribution in [0.5, 0.6) is 0 Å². The molecule has 0 atom stereocenters. The Labute approximate surface area is 125 Å². The monoisotopic (exact) mass is 296 g/mol. The van der Waals surface area contributed by atoms with Crippen molar-refractivity contribution in [2.24, 2.45) is 0 Å². The summed E-state index contributed by atoms with van der Waals surface area (Å²) in [7, 11) is 0. The average Bonchev–Trinajstić information content (AvgIpc) is 2.50. The number of rotatable bonds is 8. The molecule has 0 spiro atoms. The SMILES string of the molecule is CCNC(=O)c1ccc(NCC(CC)(CC)SC)nn1. The topological polar surface area (TPSA) is 66.9 Å². The van der Waals surface area contributed by atoms with Gasteiger partial charge in [-0.15, -0.1) is 10.2 Å². The quantitative estimate of drug-likeness (QED) is 0.772. The highest BCUT2D eigenvalue weighted by atomic mass is 32.2. The Kier molecular flexibility index (Phi) is 6.78. The molecular formula is C14H24N4OS. The van der Waals surface area contributed by atoms with Crippen LogP contribution in [0.25, 0.3) is 0 Å². The highest BCUT2D eigenvalue weighted by Crippen LogP contribution is 2.30. The molecule has 0 fully saturated rings. The molecule has 1 aromatic heterocycles. The van der Waals surface area contributed by atoms with Crippen LogP contribution < -0.4 is 10.6 Å². The number of nitrogens with zero attached hydrogens (tertiary/aromatic N) is 2. The third-order valence-electron chi connectivity index (χ3n) is 3.55. The fourth-order valence-corrected chi connectivity index (χ4v) is 2.71. The second kappa shape index (κ2) is 8.09. The number of hydrogen-bond acceptors (Lipinski definition) is 5. The van der Waals surface area contributed by atoms with Gasteiger partial charge in [0.25, 0.3) is 5.91 Å². The lowest BCUT2D eigenvalue weighted by Gasteiger charge is -2.29. The molecule has 0 saturated heterocycles. The highest BCUT2D eigenvalue weighted by molar-refractivity contribution is 8.00. The Bertz CT molecular complexity index is 409. The van der Waals surface area contributed by atoms with E-state index in [0.717, 1.165) is 19.4 Å². The number of hydrogen-bond donors (Lipinski definition) is 2. The van der Waals surface area contributed by atoms with Crippen LogP contribution >= 0.6 is 11.8 Å². The predicted molar refractivity (Wildman–Crippen MR) is 85.4 cm³/mol. The van der Waals surface area contributed by atoms with Gasteiger partial charge in [0.1, 0.15) is 5.82 Å². The molecule has 0 saturated carbocycles. The molecule has 0 radical (unpaired) electrons. The van der Waals surface area contributed by atoms with E-state index in [-0.39, 0.29) is 10.7 Å².